The minimum Gasteiger partial charge on any atom is -0.496 e. The van der Waals surface area contributed by atoms with Gasteiger partial charge in [0.25, 0.3) is 5.91 Å². The number of aromatic nitrogens is 2. The second kappa shape index (κ2) is 10.4. The lowest BCUT2D eigenvalue weighted by Gasteiger charge is -2.38. The fraction of sp³-hybridized carbons (Fsp3) is 0.433. The van der Waals surface area contributed by atoms with Crippen LogP contribution in [0.25, 0.3) is 0 Å². The third-order valence-electron chi connectivity index (χ3n) is 8.10. The maximum atomic E-state index is 14.5. The zero-order chi connectivity index (χ0) is 27.9. The molecule has 1 spiro atoms. The number of rotatable bonds is 7. The molecule has 0 saturated carbocycles. The van der Waals surface area contributed by atoms with Crippen LogP contribution in [0.2, 0.25) is 0 Å². The third kappa shape index (κ3) is 4.43. The minimum atomic E-state index is -0.841. The summed E-state index contributed by atoms with van der Waals surface area (Å²) in [5.74, 6) is -0.129. The summed E-state index contributed by atoms with van der Waals surface area (Å²) in [5.41, 5.74) is 1.93. The fourth-order valence-electron chi connectivity index (χ4n) is 6.18. The molecule has 0 radical (unpaired) electrons. The van der Waals surface area contributed by atoms with Crippen molar-refractivity contribution in [2.24, 2.45) is 0 Å². The quantitative estimate of drug-likeness (QED) is 0.425. The maximum absolute atomic E-state index is 14.5. The number of anilines is 1. The van der Waals surface area contributed by atoms with E-state index >= 15 is 0 Å². The van der Waals surface area contributed by atoms with E-state index in [0.29, 0.717) is 36.6 Å². The number of methoxy groups -OCH3 is 1. The molecule has 3 amide bonds. The van der Waals surface area contributed by atoms with Crippen LogP contribution in [0.5, 0.6) is 5.75 Å². The van der Waals surface area contributed by atoms with Gasteiger partial charge in [0.1, 0.15) is 11.6 Å². The van der Waals surface area contributed by atoms with Crippen molar-refractivity contribution in [3.63, 3.8) is 0 Å². The minimum absolute atomic E-state index is 0.0782. The molecule has 2 aliphatic rings. The Kier molecular flexibility index (Phi) is 7.09. The van der Waals surface area contributed by atoms with Crippen LogP contribution in [-0.4, -0.2) is 69.8 Å². The Morgan fingerprint density at radius 1 is 1.18 bits per heavy atom. The van der Waals surface area contributed by atoms with Gasteiger partial charge < -0.3 is 14.5 Å². The lowest BCUT2D eigenvalue weighted by molar-refractivity contribution is 0.0782. The van der Waals surface area contributed by atoms with E-state index in [1.165, 1.54) is 12.1 Å². The van der Waals surface area contributed by atoms with E-state index in [2.05, 4.69) is 12.0 Å². The number of halogens is 1. The van der Waals surface area contributed by atoms with Crippen molar-refractivity contribution in [1.82, 2.24) is 19.6 Å². The van der Waals surface area contributed by atoms with Gasteiger partial charge in [-0.2, -0.15) is 5.10 Å². The molecule has 0 N–H and O–H groups in total. The third-order valence-corrected chi connectivity index (χ3v) is 8.10. The van der Waals surface area contributed by atoms with Crippen molar-refractivity contribution in [2.75, 3.05) is 31.6 Å². The molecule has 8 nitrogen and oxygen atoms in total. The number of amides is 3. The van der Waals surface area contributed by atoms with Crippen LogP contribution >= 0.6 is 0 Å². The SMILES string of the molecule is CCCn1ncc(C(=O)N2C[C@H](c3ccccc3OC)[C@@]3(C2)CN(C(C)C)C(=O)N3c2cccc(F)c2)c1C. The number of likely N-dealkylation sites (tertiary alicyclic amines) is 1. The first-order chi connectivity index (χ1) is 18.7. The predicted molar refractivity (Wildman–Crippen MR) is 148 cm³/mol. The average Bonchev–Trinajstić information content (AvgIpc) is 3.57. The molecule has 1 aromatic heterocycles. The molecule has 3 aromatic rings. The van der Waals surface area contributed by atoms with Gasteiger partial charge in [-0.3, -0.25) is 14.4 Å². The maximum Gasteiger partial charge on any atom is 0.325 e. The van der Waals surface area contributed by atoms with E-state index in [0.717, 1.165) is 24.2 Å². The van der Waals surface area contributed by atoms with Crippen molar-refractivity contribution >= 4 is 17.6 Å². The number of urea groups is 1. The van der Waals surface area contributed by atoms with E-state index in [-0.39, 0.29) is 23.9 Å². The summed E-state index contributed by atoms with van der Waals surface area (Å²) in [6.07, 6.45) is 2.55. The van der Waals surface area contributed by atoms with E-state index in [4.69, 9.17) is 4.74 Å². The Morgan fingerprint density at radius 2 is 1.95 bits per heavy atom. The largest absolute Gasteiger partial charge is 0.496 e. The normalized spacial score (nSPS) is 21.1. The molecular weight excluding hydrogens is 497 g/mol. The summed E-state index contributed by atoms with van der Waals surface area (Å²) in [5, 5.41) is 4.45. The first-order valence-electron chi connectivity index (χ1n) is 13.5. The van der Waals surface area contributed by atoms with E-state index in [1.807, 2.05) is 59.5 Å². The molecule has 3 heterocycles. The van der Waals surface area contributed by atoms with Crippen LogP contribution in [-0.2, 0) is 6.54 Å². The van der Waals surface area contributed by atoms with Crippen LogP contribution in [0.1, 0.15) is 54.7 Å². The number of hydrogen-bond acceptors (Lipinski definition) is 4. The van der Waals surface area contributed by atoms with Crippen LogP contribution in [0.3, 0.4) is 0 Å². The standard InChI is InChI=1S/C30H36FN5O3/c1-6-14-35-21(4)25(16-32-35)28(37)33-17-26(24-12-7-8-13-27(24)39-5)30(18-33)19-34(20(2)3)29(38)36(30)23-11-9-10-22(31)15-23/h7-13,15-16,20,26H,6,14,17-19H2,1-5H3/t26-,30-/m1/s1. The zero-order valence-corrected chi connectivity index (χ0v) is 23.2. The van der Waals surface area contributed by atoms with Gasteiger partial charge in [-0.15, -0.1) is 0 Å². The molecule has 2 atom stereocenters. The number of aryl methyl sites for hydroxylation is 1. The Hall–Kier alpha value is -3.88. The van der Waals surface area contributed by atoms with Crippen molar-refractivity contribution in [3.8, 4) is 5.75 Å². The van der Waals surface area contributed by atoms with E-state index in [9.17, 15) is 14.0 Å². The Balaban J connectivity index is 1.66. The molecule has 5 rings (SSSR count). The molecule has 9 heteroatoms. The molecular formula is C30H36FN5O3. The second-order valence-electron chi connectivity index (χ2n) is 10.8. The highest BCUT2D eigenvalue weighted by molar-refractivity contribution is 5.99. The van der Waals surface area contributed by atoms with Gasteiger partial charge in [0.2, 0.25) is 0 Å². The van der Waals surface area contributed by atoms with Gasteiger partial charge in [0.15, 0.2) is 0 Å². The summed E-state index contributed by atoms with van der Waals surface area (Å²) in [6.45, 7) is 9.73. The molecule has 39 heavy (non-hydrogen) atoms. The highest BCUT2D eigenvalue weighted by Crippen LogP contribution is 2.49. The first-order valence-corrected chi connectivity index (χ1v) is 13.5. The molecule has 2 saturated heterocycles. The van der Waals surface area contributed by atoms with Gasteiger partial charge in [0.05, 0.1) is 24.4 Å². The highest BCUT2D eigenvalue weighted by atomic mass is 19.1. The zero-order valence-electron chi connectivity index (χ0n) is 23.2. The number of carbonyl (C=O) groups excluding carboxylic acids is 2. The summed E-state index contributed by atoms with van der Waals surface area (Å²) in [6, 6.07) is 13.6. The number of ether oxygens (including phenoxy) is 1. The summed E-state index contributed by atoms with van der Waals surface area (Å²) in [7, 11) is 1.62. The van der Waals surface area contributed by atoms with Crippen LogP contribution < -0.4 is 9.64 Å². The molecule has 2 fully saturated rings. The van der Waals surface area contributed by atoms with Gasteiger partial charge in [-0.05, 0) is 51.5 Å². The van der Waals surface area contributed by atoms with Gasteiger partial charge >= 0.3 is 6.03 Å². The number of para-hydroxylation sites is 1. The lowest BCUT2D eigenvalue weighted by Crippen LogP contribution is -2.53. The predicted octanol–water partition coefficient (Wildman–Crippen LogP) is 5.08. The van der Waals surface area contributed by atoms with Gasteiger partial charge in [-0.25, -0.2) is 9.18 Å². The molecule has 206 valence electrons. The molecule has 0 bridgehead atoms. The topological polar surface area (TPSA) is 70.9 Å². The van der Waals surface area contributed by atoms with E-state index < -0.39 is 11.4 Å². The van der Waals surface area contributed by atoms with E-state index in [1.54, 1.807) is 30.3 Å². The van der Waals surface area contributed by atoms with Crippen molar-refractivity contribution < 1.29 is 18.7 Å². The van der Waals surface area contributed by atoms with Crippen LogP contribution in [0.4, 0.5) is 14.9 Å². The number of carbonyl (C=O) groups is 2. The number of benzene rings is 2. The number of hydrogen-bond donors (Lipinski definition) is 0. The van der Waals surface area contributed by atoms with Crippen molar-refractivity contribution in [3.05, 3.63) is 77.4 Å². The highest BCUT2D eigenvalue weighted by Gasteiger charge is 2.61. The first kappa shape index (κ1) is 26.7. The Bertz CT molecular complexity index is 1390. The lowest BCUT2D eigenvalue weighted by atomic mass is 9.80. The molecule has 2 aromatic carbocycles. The molecule has 0 aliphatic carbocycles. The van der Waals surface area contributed by atoms with Crippen LogP contribution in [0, 0.1) is 12.7 Å². The Labute approximate surface area is 228 Å². The van der Waals surface area contributed by atoms with Crippen LogP contribution in [0.15, 0.2) is 54.7 Å². The fourth-order valence-corrected chi connectivity index (χ4v) is 6.18. The van der Waals surface area contributed by atoms with Crippen molar-refractivity contribution in [1.29, 1.82) is 0 Å². The number of nitrogens with zero attached hydrogens (tertiary/aromatic N) is 5. The van der Waals surface area contributed by atoms with Gasteiger partial charge in [-0.1, -0.05) is 31.2 Å². The summed E-state index contributed by atoms with van der Waals surface area (Å²) < 4.78 is 22.1. The van der Waals surface area contributed by atoms with Crippen molar-refractivity contribution in [2.45, 2.75) is 58.2 Å². The Morgan fingerprint density at radius 3 is 2.64 bits per heavy atom. The monoisotopic (exact) mass is 533 g/mol. The summed E-state index contributed by atoms with van der Waals surface area (Å²) in [4.78, 5) is 33.4. The smallest absolute Gasteiger partial charge is 0.325 e. The second-order valence-corrected chi connectivity index (χ2v) is 10.8. The van der Waals surface area contributed by atoms with Gasteiger partial charge in [0, 0.05) is 55.1 Å². The molecule has 0 unspecified atom stereocenters. The molecule has 2 aliphatic heterocycles. The summed E-state index contributed by atoms with van der Waals surface area (Å²) >= 11 is 0. The average molecular weight is 534 g/mol.